The lowest BCUT2D eigenvalue weighted by molar-refractivity contribution is -0.120. The highest BCUT2D eigenvalue weighted by atomic mass is 32.2. The van der Waals surface area contributed by atoms with Crippen LogP contribution in [0.1, 0.15) is 42.4 Å². The van der Waals surface area contributed by atoms with Crippen molar-refractivity contribution in [1.82, 2.24) is 10.2 Å². The summed E-state index contributed by atoms with van der Waals surface area (Å²) in [5, 5.41) is 15.9. The minimum atomic E-state index is -0.548. The fraction of sp³-hybridized carbons (Fsp3) is 0.303. The Hall–Kier alpha value is -4.04. The average molecular weight is 570 g/mol. The van der Waals surface area contributed by atoms with E-state index in [-0.39, 0.29) is 42.0 Å². The van der Waals surface area contributed by atoms with E-state index in [1.165, 1.54) is 6.08 Å². The summed E-state index contributed by atoms with van der Waals surface area (Å²) in [6.07, 6.45) is 3.61. The Balaban J connectivity index is 1.49. The molecule has 2 aliphatic rings. The van der Waals surface area contributed by atoms with Crippen molar-refractivity contribution in [3.05, 3.63) is 120 Å². The summed E-state index contributed by atoms with van der Waals surface area (Å²) in [4.78, 5) is 27.3. The van der Waals surface area contributed by atoms with Gasteiger partial charge < -0.3 is 20.2 Å². The van der Waals surface area contributed by atoms with Gasteiger partial charge in [0.25, 0.3) is 0 Å². The van der Waals surface area contributed by atoms with Gasteiger partial charge in [-0.3, -0.25) is 4.79 Å². The van der Waals surface area contributed by atoms with Gasteiger partial charge in [-0.05, 0) is 36.0 Å². The van der Waals surface area contributed by atoms with Gasteiger partial charge in [0.1, 0.15) is 12.4 Å². The molecular formula is C33H35N3O4S. The number of ether oxygens (including phenoxy) is 1. The summed E-state index contributed by atoms with van der Waals surface area (Å²) in [6.45, 7) is 4.20. The van der Waals surface area contributed by atoms with Crippen LogP contribution in [0.25, 0.3) is 0 Å². The average Bonchev–Trinajstić information content (AvgIpc) is 3.81. The van der Waals surface area contributed by atoms with Crippen molar-refractivity contribution in [2.24, 2.45) is 11.1 Å². The van der Waals surface area contributed by atoms with Crippen molar-refractivity contribution in [2.45, 2.75) is 41.7 Å². The number of hydrogen-bond acceptors (Lipinski definition) is 6. The number of nitrogens with one attached hydrogen (secondary N) is 1. The van der Waals surface area contributed by atoms with Gasteiger partial charge in [-0.1, -0.05) is 109 Å². The van der Waals surface area contributed by atoms with E-state index >= 15 is 0 Å². The summed E-state index contributed by atoms with van der Waals surface area (Å²) in [6, 6.07) is 31.0. The molecule has 0 bridgehead atoms. The topological polar surface area (TPSA) is 91.2 Å². The smallest absolute Gasteiger partial charge is 0.410 e. The quantitative estimate of drug-likeness (QED) is 0.0760. The number of oxime groups is 1. The first-order chi connectivity index (χ1) is 20.0. The first-order valence-electron chi connectivity index (χ1n) is 14.0. The fourth-order valence-corrected chi connectivity index (χ4v) is 7.36. The molecule has 3 aromatic carbocycles. The number of thioether (sulfide) groups is 1. The maximum Gasteiger partial charge on any atom is 0.410 e. The van der Waals surface area contributed by atoms with Crippen molar-refractivity contribution >= 4 is 29.6 Å². The molecule has 2 amide bonds. The number of carbonyl (C=O) groups excluding carboxylic acids is 2. The molecule has 5 rings (SSSR count). The normalized spacial score (nSPS) is 19.0. The van der Waals surface area contributed by atoms with E-state index < -0.39 is 10.8 Å². The molecule has 2 atom stereocenters. The Morgan fingerprint density at radius 1 is 0.976 bits per heavy atom. The number of amidine groups is 1. The molecule has 0 aromatic heterocycles. The Morgan fingerprint density at radius 3 is 1.98 bits per heavy atom. The molecular weight excluding hydrogens is 534 g/mol. The van der Waals surface area contributed by atoms with Gasteiger partial charge in [0.05, 0.1) is 4.75 Å². The van der Waals surface area contributed by atoms with Crippen molar-refractivity contribution in [3.8, 4) is 0 Å². The maximum absolute atomic E-state index is 13.2. The van der Waals surface area contributed by atoms with Crippen molar-refractivity contribution < 1.29 is 19.5 Å². The Labute approximate surface area is 245 Å². The van der Waals surface area contributed by atoms with E-state index in [1.807, 2.05) is 30.0 Å². The molecule has 0 spiro atoms. The number of benzene rings is 3. The van der Waals surface area contributed by atoms with Crippen molar-refractivity contribution in [2.75, 3.05) is 13.2 Å². The summed E-state index contributed by atoms with van der Waals surface area (Å²) < 4.78 is 4.90. The highest BCUT2D eigenvalue weighted by molar-refractivity contribution is 8.01. The van der Waals surface area contributed by atoms with E-state index in [4.69, 9.17) is 4.74 Å². The monoisotopic (exact) mass is 569 g/mol. The molecule has 212 valence electrons. The molecule has 2 fully saturated rings. The van der Waals surface area contributed by atoms with Crippen LogP contribution < -0.4 is 5.32 Å². The first kappa shape index (κ1) is 28.5. The third-order valence-electron chi connectivity index (χ3n) is 7.58. The number of likely N-dealkylation sites (tertiary alicyclic amines) is 1. The minimum absolute atomic E-state index is 0.0102. The number of carbonyl (C=O) groups is 2. The van der Waals surface area contributed by atoms with Gasteiger partial charge >= 0.3 is 6.09 Å². The minimum Gasteiger partial charge on any atom is -0.445 e. The summed E-state index contributed by atoms with van der Waals surface area (Å²) in [7, 11) is 0. The zero-order valence-electron chi connectivity index (χ0n) is 22.9. The third kappa shape index (κ3) is 6.49. The molecule has 2 N–H and O–H groups in total. The van der Waals surface area contributed by atoms with Crippen LogP contribution in [0.3, 0.4) is 0 Å². The second kappa shape index (κ2) is 13.1. The molecule has 0 unspecified atom stereocenters. The molecule has 3 aromatic rings. The van der Waals surface area contributed by atoms with Gasteiger partial charge in [0, 0.05) is 30.2 Å². The second-order valence-corrected chi connectivity index (χ2v) is 12.0. The van der Waals surface area contributed by atoms with Crippen LogP contribution >= 0.6 is 11.8 Å². The molecule has 41 heavy (non-hydrogen) atoms. The Kier molecular flexibility index (Phi) is 9.09. The van der Waals surface area contributed by atoms with Crippen LogP contribution in [0, 0.1) is 5.92 Å². The lowest BCUT2D eigenvalue weighted by Gasteiger charge is -2.37. The molecule has 1 aliphatic heterocycles. The fourth-order valence-electron chi connectivity index (χ4n) is 5.49. The van der Waals surface area contributed by atoms with E-state index in [0.717, 1.165) is 29.5 Å². The van der Waals surface area contributed by atoms with Gasteiger partial charge in [-0.15, -0.1) is 11.8 Å². The summed E-state index contributed by atoms with van der Waals surface area (Å²) >= 11 is 1.81. The number of rotatable bonds is 10. The molecule has 8 heteroatoms. The number of amides is 2. The van der Waals surface area contributed by atoms with E-state index in [2.05, 4.69) is 89.8 Å². The number of hydrogen-bond donors (Lipinski definition) is 2. The summed E-state index contributed by atoms with van der Waals surface area (Å²) in [5.74, 6) is -0.00575. The van der Waals surface area contributed by atoms with Crippen LogP contribution in [0.4, 0.5) is 4.79 Å². The highest BCUT2D eigenvalue weighted by Crippen LogP contribution is 2.52. The zero-order chi connectivity index (χ0) is 28.7. The predicted octanol–water partition coefficient (Wildman–Crippen LogP) is 6.18. The molecule has 1 saturated heterocycles. The molecule has 1 aliphatic carbocycles. The van der Waals surface area contributed by atoms with E-state index in [9.17, 15) is 14.8 Å². The van der Waals surface area contributed by atoms with Gasteiger partial charge in [0.15, 0.2) is 0 Å². The van der Waals surface area contributed by atoms with Crippen LogP contribution in [0.15, 0.2) is 109 Å². The Morgan fingerprint density at radius 2 is 1.51 bits per heavy atom. The first-order valence-corrected chi connectivity index (χ1v) is 14.8. The Bertz CT molecular complexity index is 1270. The maximum atomic E-state index is 13.2. The third-order valence-corrected chi connectivity index (χ3v) is 9.32. The van der Waals surface area contributed by atoms with Crippen LogP contribution in [-0.4, -0.2) is 52.4 Å². The van der Waals surface area contributed by atoms with E-state index in [0.29, 0.717) is 13.0 Å². The molecule has 7 nitrogen and oxygen atoms in total. The van der Waals surface area contributed by atoms with E-state index in [1.54, 1.807) is 4.90 Å². The standard InChI is InChI=1S/C33H35N3O4S/c1-2-20-40-32(38)36-23-29(21-28(36)22-30(35-39)34-31(37)24-18-19-24)41-33(25-12-6-3-7-13-25,26-14-8-4-9-15-26)27-16-10-5-11-17-27/h2-17,24,28-29,39H,1,18-23H2,(H,34,35,37)/t28-,29-/m0/s1. The second-order valence-electron chi connectivity index (χ2n) is 10.4. The molecule has 1 heterocycles. The lowest BCUT2D eigenvalue weighted by Crippen LogP contribution is -2.41. The largest absolute Gasteiger partial charge is 0.445 e. The van der Waals surface area contributed by atoms with Crippen molar-refractivity contribution in [3.63, 3.8) is 0 Å². The SMILES string of the molecule is C=CCOC(=O)N1C[C@@H](SC(c2ccccc2)(c2ccccc2)c2ccccc2)C[C@H]1C/C(=N/O)NC(=O)C1CC1. The predicted molar refractivity (Wildman–Crippen MR) is 162 cm³/mol. The van der Waals surface area contributed by atoms with Gasteiger partial charge in [0.2, 0.25) is 5.91 Å². The van der Waals surface area contributed by atoms with Crippen LogP contribution in [0.2, 0.25) is 0 Å². The molecule has 0 radical (unpaired) electrons. The van der Waals surface area contributed by atoms with Crippen LogP contribution in [0.5, 0.6) is 0 Å². The lowest BCUT2D eigenvalue weighted by atomic mass is 9.84. The molecule has 1 saturated carbocycles. The summed E-state index contributed by atoms with van der Waals surface area (Å²) in [5.41, 5.74) is 3.42. The number of nitrogens with zero attached hydrogens (tertiary/aromatic N) is 2. The highest BCUT2D eigenvalue weighted by Gasteiger charge is 2.45. The van der Waals surface area contributed by atoms with Crippen molar-refractivity contribution in [1.29, 1.82) is 0 Å². The van der Waals surface area contributed by atoms with Crippen LogP contribution in [-0.2, 0) is 14.3 Å². The van der Waals surface area contributed by atoms with Gasteiger partial charge in [-0.2, -0.15) is 0 Å². The van der Waals surface area contributed by atoms with Gasteiger partial charge in [-0.25, -0.2) is 4.79 Å². The zero-order valence-corrected chi connectivity index (χ0v) is 23.7.